The molecule has 64 heavy (non-hydrogen) atoms. The molecule has 12 rings (SSSR count). The summed E-state index contributed by atoms with van der Waals surface area (Å²) in [6.45, 7) is 0. The van der Waals surface area contributed by atoms with Crippen molar-refractivity contribution in [2.24, 2.45) is 0 Å². The summed E-state index contributed by atoms with van der Waals surface area (Å²) in [5.41, 5.74) is 9.26. The maximum atomic E-state index is 11.0. The molecule has 0 N–H and O–H groups in total. The number of aromatic nitrogens is 8. The third-order valence-corrected chi connectivity index (χ3v) is 11.7. The van der Waals surface area contributed by atoms with Crippen LogP contribution < -0.4 is 0 Å². The second-order valence-electron chi connectivity index (χ2n) is 15.5. The monoisotopic (exact) mass is 819 g/mol. The Morgan fingerprint density at radius 3 is 1.30 bits per heavy atom. The van der Waals surface area contributed by atoms with Gasteiger partial charge in [0.05, 0.1) is 33.3 Å². The topological polar surface area (TPSA) is 111 Å². The van der Waals surface area contributed by atoms with Gasteiger partial charge < -0.3 is 4.57 Å². The molecule has 9 heteroatoms. The van der Waals surface area contributed by atoms with E-state index < -0.39 is 0 Å². The fourth-order valence-electron chi connectivity index (χ4n) is 8.77. The van der Waals surface area contributed by atoms with Crippen molar-refractivity contribution >= 4 is 43.6 Å². The van der Waals surface area contributed by atoms with Crippen LogP contribution in [0.4, 0.5) is 0 Å². The lowest BCUT2D eigenvalue weighted by molar-refractivity contribution is 0.953. The van der Waals surface area contributed by atoms with Crippen LogP contribution in [0.25, 0.3) is 112 Å². The average molecular weight is 820 g/mol. The largest absolute Gasteiger partial charge is 0.307 e. The van der Waals surface area contributed by atoms with Crippen molar-refractivity contribution in [3.8, 4) is 74.6 Å². The number of benzene rings is 8. The summed E-state index contributed by atoms with van der Waals surface area (Å²) in [4.78, 5) is 30.1. The van der Waals surface area contributed by atoms with Gasteiger partial charge in [-0.3, -0.25) is 4.57 Å². The number of hydrogen-bond donors (Lipinski definition) is 0. The van der Waals surface area contributed by atoms with Crippen LogP contribution in [0.3, 0.4) is 0 Å². The number of rotatable bonds is 7. The summed E-state index contributed by atoms with van der Waals surface area (Å²) in [6, 6.07) is 69.3. The van der Waals surface area contributed by atoms with Gasteiger partial charge in [0.15, 0.2) is 29.1 Å². The van der Waals surface area contributed by atoms with Gasteiger partial charge in [0.1, 0.15) is 6.07 Å². The van der Waals surface area contributed by atoms with E-state index in [2.05, 4.69) is 63.7 Å². The molecular weight excluding hydrogens is 787 g/mol. The quantitative estimate of drug-likeness (QED) is 0.157. The molecule has 0 saturated heterocycles. The summed E-state index contributed by atoms with van der Waals surface area (Å²) in [5.74, 6) is 3.25. The van der Waals surface area contributed by atoms with Crippen LogP contribution in [0.15, 0.2) is 200 Å². The Morgan fingerprint density at radius 1 is 0.344 bits per heavy atom. The molecule has 0 radical (unpaired) electrons. The van der Waals surface area contributed by atoms with Crippen LogP contribution in [-0.2, 0) is 0 Å². The van der Waals surface area contributed by atoms with Crippen molar-refractivity contribution in [1.29, 1.82) is 5.26 Å². The van der Waals surface area contributed by atoms with Gasteiger partial charge in [-0.2, -0.15) is 15.2 Å². The first-order valence-electron chi connectivity index (χ1n) is 20.9. The Morgan fingerprint density at radius 2 is 0.781 bits per heavy atom. The van der Waals surface area contributed by atoms with E-state index in [1.165, 1.54) is 0 Å². The Bertz CT molecular complexity index is 3670. The highest BCUT2D eigenvalue weighted by Crippen LogP contribution is 2.42. The van der Waals surface area contributed by atoms with E-state index in [-0.39, 0.29) is 0 Å². The average Bonchev–Trinajstić information content (AvgIpc) is 3.90. The highest BCUT2D eigenvalue weighted by molar-refractivity contribution is 6.26. The molecule has 0 spiro atoms. The highest BCUT2D eigenvalue weighted by atomic mass is 15.2. The molecule has 0 unspecified atom stereocenters. The van der Waals surface area contributed by atoms with Crippen molar-refractivity contribution < 1.29 is 0 Å². The van der Waals surface area contributed by atoms with E-state index >= 15 is 0 Å². The predicted octanol–water partition coefficient (Wildman–Crippen LogP) is 12.5. The molecule has 0 bridgehead atoms. The molecule has 0 saturated carbocycles. The molecule has 8 aromatic carbocycles. The fourth-order valence-corrected chi connectivity index (χ4v) is 8.77. The number of hydrogen-bond acceptors (Lipinski definition) is 7. The molecular formula is C55H33N9. The second-order valence-corrected chi connectivity index (χ2v) is 15.5. The van der Waals surface area contributed by atoms with Crippen LogP contribution in [0.5, 0.6) is 0 Å². The molecule has 0 aliphatic rings. The molecule has 0 fully saturated rings. The normalized spacial score (nSPS) is 11.4. The van der Waals surface area contributed by atoms with Crippen molar-refractivity contribution in [3.63, 3.8) is 0 Å². The van der Waals surface area contributed by atoms with Gasteiger partial charge in [-0.15, -0.1) is 0 Å². The SMILES string of the molecule is N#Cc1cc(-c2nc(-c3ccccc3)nc(-c3ccccc3)n2)ccc1-n1c2ccccc2c2ccc3c(c4ccccc4n3-c3nc(-c4ccccc4)nc(-c4ccccc4)n3)c21. The van der Waals surface area contributed by atoms with E-state index in [9.17, 15) is 5.26 Å². The zero-order valence-electron chi connectivity index (χ0n) is 34.1. The van der Waals surface area contributed by atoms with Crippen molar-refractivity contribution in [2.45, 2.75) is 0 Å². The minimum atomic E-state index is 0.473. The second kappa shape index (κ2) is 15.1. The molecule has 0 atom stereocenters. The first-order chi connectivity index (χ1) is 31.7. The number of fused-ring (bicyclic) bond motifs is 7. The zero-order valence-corrected chi connectivity index (χ0v) is 34.1. The smallest absolute Gasteiger partial charge is 0.238 e. The third-order valence-electron chi connectivity index (χ3n) is 11.7. The predicted molar refractivity (Wildman–Crippen MR) is 254 cm³/mol. The Hall–Kier alpha value is -9.13. The summed E-state index contributed by atoms with van der Waals surface area (Å²) >= 11 is 0. The van der Waals surface area contributed by atoms with Gasteiger partial charge in [0.2, 0.25) is 5.95 Å². The van der Waals surface area contributed by atoms with E-state index in [0.29, 0.717) is 46.2 Å². The standard InChI is InChI=1S/C55H33N9/c56-34-40-33-39(54-58-50(35-17-5-1-6-18-35)57-51(59-54)36-19-7-2-8-20-36)29-31-44(40)63-45-27-15-13-25-41(45)42-30-32-47-48(49(42)63)43-26-14-16-28-46(43)64(47)55-61-52(37-21-9-3-10-22-37)60-53(62-55)38-23-11-4-12-24-38/h1-33H. The number of nitrogens with zero attached hydrogens (tertiary/aromatic N) is 9. The van der Waals surface area contributed by atoms with E-state index in [1.807, 2.05) is 152 Å². The van der Waals surface area contributed by atoms with Crippen LogP contribution in [0.1, 0.15) is 5.56 Å². The lowest BCUT2D eigenvalue weighted by atomic mass is 10.1. The lowest BCUT2D eigenvalue weighted by Crippen LogP contribution is -2.06. The number of para-hydroxylation sites is 2. The van der Waals surface area contributed by atoms with Crippen molar-refractivity contribution in [2.75, 3.05) is 0 Å². The highest BCUT2D eigenvalue weighted by Gasteiger charge is 2.24. The summed E-state index contributed by atoms with van der Waals surface area (Å²) in [7, 11) is 0. The van der Waals surface area contributed by atoms with E-state index in [4.69, 9.17) is 29.9 Å². The fraction of sp³-hybridized carbons (Fsp3) is 0. The van der Waals surface area contributed by atoms with Gasteiger partial charge in [-0.05, 0) is 36.4 Å². The molecule has 4 aromatic heterocycles. The summed E-state index contributed by atoms with van der Waals surface area (Å²) in [5, 5.41) is 15.2. The maximum absolute atomic E-state index is 11.0. The number of nitriles is 1. The molecule has 12 aromatic rings. The van der Waals surface area contributed by atoms with Crippen molar-refractivity contribution in [1.82, 2.24) is 39.0 Å². The lowest BCUT2D eigenvalue weighted by Gasteiger charge is -2.13. The molecule has 0 aliphatic heterocycles. The third kappa shape index (κ3) is 6.09. The van der Waals surface area contributed by atoms with Crippen LogP contribution >= 0.6 is 0 Å². The van der Waals surface area contributed by atoms with Gasteiger partial charge in [-0.1, -0.05) is 164 Å². The van der Waals surface area contributed by atoms with Gasteiger partial charge in [0, 0.05) is 49.4 Å². The minimum absolute atomic E-state index is 0.473. The molecule has 4 heterocycles. The van der Waals surface area contributed by atoms with Crippen molar-refractivity contribution in [3.05, 3.63) is 206 Å². The Labute approximate surface area is 366 Å². The van der Waals surface area contributed by atoms with E-state index in [0.717, 1.165) is 71.6 Å². The van der Waals surface area contributed by atoms with Crippen LogP contribution in [0, 0.1) is 11.3 Å². The summed E-state index contributed by atoms with van der Waals surface area (Å²) < 4.78 is 4.36. The van der Waals surface area contributed by atoms with Gasteiger partial charge in [0.25, 0.3) is 0 Å². The first-order valence-corrected chi connectivity index (χ1v) is 20.9. The molecule has 0 aliphatic carbocycles. The van der Waals surface area contributed by atoms with Gasteiger partial charge >= 0.3 is 0 Å². The van der Waals surface area contributed by atoms with Crippen LogP contribution in [-0.4, -0.2) is 39.0 Å². The van der Waals surface area contributed by atoms with E-state index in [1.54, 1.807) is 0 Å². The molecule has 9 nitrogen and oxygen atoms in total. The molecule has 0 amide bonds. The van der Waals surface area contributed by atoms with Gasteiger partial charge in [-0.25, -0.2) is 19.9 Å². The zero-order chi connectivity index (χ0) is 42.6. The minimum Gasteiger partial charge on any atom is -0.307 e. The first kappa shape index (κ1) is 36.7. The Balaban J connectivity index is 1.10. The molecule has 298 valence electrons. The maximum Gasteiger partial charge on any atom is 0.238 e. The van der Waals surface area contributed by atoms with Crippen LogP contribution in [0.2, 0.25) is 0 Å². The Kier molecular flexibility index (Phi) is 8.66. The summed E-state index contributed by atoms with van der Waals surface area (Å²) in [6.07, 6.45) is 0.